The van der Waals surface area contributed by atoms with Crippen molar-refractivity contribution in [3.63, 3.8) is 0 Å². The van der Waals surface area contributed by atoms with Gasteiger partial charge in [0.1, 0.15) is 13.2 Å². The minimum Gasteiger partial charge on any atom is -0.542 e. The minimum atomic E-state index is -0.555. The summed E-state index contributed by atoms with van der Waals surface area (Å²) in [6.07, 6.45) is 0. The van der Waals surface area contributed by atoms with Crippen molar-refractivity contribution in [3.05, 3.63) is 0 Å². The third kappa shape index (κ3) is 15.4. The molecule has 0 heterocycles. The molecule has 0 N–H and O–H groups in total. The third-order valence-corrected chi connectivity index (χ3v) is 1.96. The molecule has 0 saturated carbocycles. The lowest BCUT2D eigenvalue weighted by molar-refractivity contribution is -0.142. The molecule has 0 saturated heterocycles. The standard InChI is InChI=1S/C14H26B2O6/c1-13(2,3)9-19-7-11(17)21-15-16-22-12(18)8-20-10-14(4,5)6/h7-10H2,1-6H3. The molecule has 0 aromatic heterocycles. The zero-order chi connectivity index (χ0) is 17.2. The van der Waals surface area contributed by atoms with Gasteiger partial charge in [0.2, 0.25) is 0 Å². The van der Waals surface area contributed by atoms with Crippen LogP contribution >= 0.6 is 0 Å². The molecule has 0 unspecified atom stereocenters. The van der Waals surface area contributed by atoms with Crippen LogP contribution < -0.4 is 0 Å². The van der Waals surface area contributed by atoms with Crippen LogP contribution in [-0.2, 0) is 28.4 Å². The van der Waals surface area contributed by atoms with E-state index in [9.17, 15) is 9.59 Å². The highest BCUT2D eigenvalue weighted by Crippen LogP contribution is 2.13. The van der Waals surface area contributed by atoms with Crippen molar-refractivity contribution in [2.24, 2.45) is 10.8 Å². The highest BCUT2D eigenvalue weighted by molar-refractivity contribution is 6.95. The lowest BCUT2D eigenvalue weighted by Gasteiger charge is -2.17. The van der Waals surface area contributed by atoms with E-state index in [1.54, 1.807) is 0 Å². The molecule has 0 atom stereocenters. The molecule has 0 aliphatic carbocycles. The summed E-state index contributed by atoms with van der Waals surface area (Å²) < 4.78 is 19.8. The van der Waals surface area contributed by atoms with Crippen molar-refractivity contribution < 1.29 is 28.4 Å². The summed E-state index contributed by atoms with van der Waals surface area (Å²) in [5.41, 5.74) is -0.0303. The number of rotatable bonds is 9. The topological polar surface area (TPSA) is 71.1 Å². The van der Waals surface area contributed by atoms with Crippen LogP contribution in [0.3, 0.4) is 0 Å². The zero-order valence-corrected chi connectivity index (χ0v) is 14.4. The number of hydrogen-bond donors (Lipinski definition) is 0. The molecule has 0 rings (SSSR count). The normalized spacial score (nSPS) is 11.7. The molecule has 0 aliphatic rings. The largest absolute Gasteiger partial charge is 0.542 e. The lowest BCUT2D eigenvalue weighted by Crippen LogP contribution is -2.26. The van der Waals surface area contributed by atoms with Gasteiger partial charge in [0.25, 0.3) is 0 Å². The summed E-state index contributed by atoms with van der Waals surface area (Å²) >= 11 is 0. The van der Waals surface area contributed by atoms with Crippen LogP contribution in [0.2, 0.25) is 0 Å². The van der Waals surface area contributed by atoms with Gasteiger partial charge in [-0.05, 0) is 10.8 Å². The number of carbonyl (C=O) groups excluding carboxylic acids is 2. The van der Waals surface area contributed by atoms with Gasteiger partial charge in [-0.2, -0.15) is 0 Å². The second-order valence-corrected chi connectivity index (χ2v) is 7.36. The van der Waals surface area contributed by atoms with E-state index in [0.717, 1.165) is 14.7 Å². The van der Waals surface area contributed by atoms with Gasteiger partial charge in [-0.1, -0.05) is 41.5 Å². The van der Waals surface area contributed by atoms with Crippen LogP contribution in [0, 0.1) is 10.8 Å². The van der Waals surface area contributed by atoms with Crippen LogP contribution in [0.5, 0.6) is 0 Å². The molecule has 0 amide bonds. The van der Waals surface area contributed by atoms with Crippen molar-refractivity contribution in [1.82, 2.24) is 0 Å². The summed E-state index contributed by atoms with van der Waals surface area (Å²) in [6, 6.07) is 0. The van der Waals surface area contributed by atoms with E-state index < -0.39 is 11.9 Å². The molecule has 2 radical (unpaired) electrons. The van der Waals surface area contributed by atoms with Gasteiger partial charge in [0.15, 0.2) is 0 Å². The van der Waals surface area contributed by atoms with E-state index in [2.05, 4.69) is 0 Å². The van der Waals surface area contributed by atoms with Crippen LogP contribution in [-0.4, -0.2) is 53.1 Å². The molecule has 0 bridgehead atoms. The third-order valence-electron chi connectivity index (χ3n) is 1.96. The Morgan fingerprint density at radius 2 is 1.05 bits per heavy atom. The predicted molar refractivity (Wildman–Crippen MR) is 84.2 cm³/mol. The second kappa shape index (κ2) is 9.90. The van der Waals surface area contributed by atoms with Crippen LogP contribution in [0.4, 0.5) is 0 Å². The van der Waals surface area contributed by atoms with Gasteiger partial charge in [-0.15, -0.1) is 0 Å². The monoisotopic (exact) mass is 312 g/mol. The first-order valence-corrected chi connectivity index (χ1v) is 7.19. The average molecular weight is 312 g/mol. The first-order chi connectivity index (χ1) is 9.99. The van der Waals surface area contributed by atoms with E-state index >= 15 is 0 Å². The van der Waals surface area contributed by atoms with E-state index in [4.69, 9.17) is 18.8 Å². The Morgan fingerprint density at radius 3 is 1.32 bits per heavy atom. The Hall–Kier alpha value is -1.01. The fourth-order valence-electron chi connectivity index (χ4n) is 1.16. The highest BCUT2D eigenvalue weighted by atomic mass is 16.6. The quantitative estimate of drug-likeness (QED) is 0.473. The van der Waals surface area contributed by atoms with Crippen molar-refractivity contribution in [2.75, 3.05) is 26.4 Å². The number of hydrogen-bond acceptors (Lipinski definition) is 6. The molecule has 124 valence electrons. The van der Waals surface area contributed by atoms with Gasteiger partial charge >= 0.3 is 26.7 Å². The maximum atomic E-state index is 11.3. The van der Waals surface area contributed by atoms with Crippen LogP contribution in [0.1, 0.15) is 41.5 Å². The summed E-state index contributed by atoms with van der Waals surface area (Å²) in [6.45, 7) is 12.6. The van der Waals surface area contributed by atoms with Gasteiger partial charge in [-0.3, -0.25) is 9.59 Å². The molecule has 8 heteroatoms. The van der Waals surface area contributed by atoms with E-state index in [1.807, 2.05) is 41.5 Å². The van der Waals surface area contributed by atoms with Crippen molar-refractivity contribution in [3.8, 4) is 0 Å². The Labute approximate surface area is 134 Å². The average Bonchev–Trinajstić information content (AvgIpc) is 2.31. The fourth-order valence-corrected chi connectivity index (χ4v) is 1.16. The fraction of sp³-hybridized carbons (Fsp3) is 0.857. The second-order valence-electron chi connectivity index (χ2n) is 7.36. The Balaban J connectivity index is 3.55. The van der Waals surface area contributed by atoms with Gasteiger partial charge in [-0.25, -0.2) is 0 Å². The maximum Gasteiger partial charge on any atom is 0.378 e. The summed E-state index contributed by atoms with van der Waals surface area (Å²) in [5, 5.41) is 0. The van der Waals surface area contributed by atoms with E-state index in [-0.39, 0.29) is 24.0 Å². The molecular weight excluding hydrogens is 286 g/mol. The van der Waals surface area contributed by atoms with Crippen molar-refractivity contribution in [1.29, 1.82) is 0 Å². The predicted octanol–water partition coefficient (Wildman–Crippen LogP) is 1.35. The molecule has 0 aliphatic heterocycles. The summed E-state index contributed by atoms with van der Waals surface area (Å²) in [7, 11) is 2.01. The first-order valence-electron chi connectivity index (χ1n) is 7.19. The SMILES string of the molecule is CC(C)(C)COCC(=O)O[B][B]OC(=O)COCC(C)(C)C. The molecule has 6 nitrogen and oxygen atoms in total. The van der Waals surface area contributed by atoms with Crippen molar-refractivity contribution >= 4 is 26.7 Å². The molecule has 0 fully saturated rings. The number of ether oxygens (including phenoxy) is 2. The Morgan fingerprint density at radius 1 is 0.727 bits per heavy atom. The van der Waals surface area contributed by atoms with Crippen LogP contribution in [0.15, 0.2) is 0 Å². The Bertz CT molecular complexity index is 312. The Kier molecular flexibility index (Phi) is 9.44. The number of carbonyl (C=O) groups is 2. The smallest absolute Gasteiger partial charge is 0.378 e. The zero-order valence-electron chi connectivity index (χ0n) is 14.4. The van der Waals surface area contributed by atoms with Gasteiger partial charge in [0.05, 0.1) is 13.2 Å². The van der Waals surface area contributed by atoms with Crippen molar-refractivity contribution in [2.45, 2.75) is 41.5 Å². The summed E-state index contributed by atoms with van der Waals surface area (Å²) in [5.74, 6) is -1.11. The molecule has 0 aromatic carbocycles. The van der Waals surface area contributed by atoms with E-state index in [0.29, 0.717) is 13.2 Å². The highest BCUT2D eigenvalue weighted by Gasteiger charge is 2.15. The maximum absolute atomic E-state index is 11.3. The molecule has 0 aromatic rings. The molecule has 22 heavy (non-hydrogen) atoms. The molecule has 0 spiro atoms. The summed E-state index contributed by atoms with van der Waals surface area (Å²) in [4.78, 5) is 22.6. The minimum absolute atomic E-state index is 0.0152. The molecular formula is C14H26B2O6. The van der Waals surface area contributed by atoms with E-state index in [1.165, 1.54) is 0 Å². The van der Waals surface area contributed by atoms with Crippen LogP contribution in [0.25, 0.3) is 0 Å². The first kappa shape index (κ1) is 21.0. The lowest BCUT2D eigenvalue weighted by atomic mass is 9.64. The van der Waals surface area contributed by atoms with Gasteiger partial charge < -0.3 is 18.8 Å². The van der Waals surface area contributed by atoms with Gasteiger partial charge in [0, 0.05) is 0 Å².